The quantitative estimate of drug-likeness (QED) is 0.113. The molecule has 0 aliphatic carbocycles. The van der Waals surface area contributed by atoms with Crippen molar-refractivity contribution in [3.8, 4) is 122 Å². The highest BCUT2D eigenvalue weighted by atomic mass is 14.3. The normalized spacial score (nSPS) is 11.5. The third-order valence-corrected chi connectivity index (χ3v) is 30.8. The minimum absolute atomic E-state index is 1.23. The van der Waals surface area contributed by atoms with Crippen molar-refractivity contribution in [2.45, 2.75) is 0 Å². The third kappa shape index (κ3) is 16.1. The summed E-state index contributed by atoms with van der Waals surface area (Å²) < 4.78 is 0. The van der Waals surface area contributed by atoms with Crippen LogP contribution in [-0.2, 0) is 0 Å². The van der Waals surface area contributed by atoms with Gasteiger partial charge in [0.05, 0.1) is 0 Å². The summed E-state index contributed by atoms with van der Waals surface area (Å²) in [5, 5.41) is 38.4. The van der Waals surface area contributed by atoms with E-state index in [-0.39, 0.29) is 0 Å². The van der Waals surface area contributed by atoms with Gasteiger partial charge < -0.3 is 0 Å². The molecule has 0 N–H and O–H groups in total. The standard InChI is InChI=1S/2C40H26.C36H24.C34H22/c1-3-18-31-27(12-1)14-10-24-33(31)29-16-9-17-30(26-29)39-35-20-5-7-22-37(35)40(38-23-8-6-21-36(38)39)34-25-11-15-28-13-2-4-19-32(28)34;1-2-13-29-25-31(24-23-27(29)11-1)30-15-9-16-32(26-30)39-35-18-5-7-20-37(35)40(38-21-8-6-19-36(38)39)34-22-10-14-28-12-3-4-17-33(28)34;1-2-12-25(13-3-1)27-16-10-17-28(24-27)35-31-19-6-8-21-33(31)36(34-22-9-7-20-32(34)35)30-23-11-15-26-14-4-5-18-29(26)30;1-3-15-25-23(11-1)13-9-21-27(25)33-29-17-5-7-19-31(29)34(32-20-8-6-18-30(32)33)28-22-10-14-24-12-2-4-16-26(24)28/h2*1-26H;1-24H;1-22H. The molecular weight excluding hydrogens is 1800 g/mol. The van der Waals surface area contributed by atoms with E-state index >= 15 is 0 Å². The summed E-state index contributed by atoms with van der Waals surface area (Å²) in [6, 6.07) is 216. The zero-order chi connectivity index (χ0) is 99.3. The molecule has 0 unspecified atom stereocenters. The highest BCUT2D eigenvalue weighted by molar-refractivity contribution is 6.29. The first-order valence-corrected chi connectivity index (χ1v) is 52.0. The van der Waals surface area contributed by atoms with Crippen LogP contribution in [0.1, 0.15) is 0 Å². The molecular formula is C150H98. The monoisotopic (exact) mass is 1900 g/mol. The van der Waals surface area contributed by atoms with Gasteiger partial charge in [0, 0.05) is 0 Å². The Bertz CT molecular complexity index is 10200. The SMILES string of the molecule is c1cc(-c2ccc3ccccc3c2)cc(-c2c3ccccc3c(-c3cccc4ccccc34)c3ccccc23)c1.c1cc(-c2cccc3ccccc23)cc(-c2c3ccccc3c(-c3cccc4ccccc34)c3ccccc23)c1.c1ccc(-c2cccc(-c3c4ccccc4c(-c4cccc5ccccc45)c4ccccc34)c2)cc1.c1ccc2c(-c3c4ccccc4c(-c4cccc5ccccc45)c4ccccc34)cccc2c1. The van der Waals surface area contributed by atoms with Crippen molar-refractivity contribution < 1.29 is 0 Å². The van der Waals surface area contributed by atoms with E-state index in [0.717, 1.165) is 0 Å². The van der Waals surface area contributed by atoms with E-state index in [2.05, 4.69) is 595 Å². The Hall–Kier alpha value is -19.5. The van der Waals surface area contributed by atoms with Crippen LogP contribution in [0.2, 0.25) is 0 Å². The molecule has 0 saturated heterocycles. The smallest absolute Gasteiger partial charge is 0.00201 e. The Balaban J connectivity index is 0.0000000985. The molecule has 0 nitrogen and oxygen atoms in total. The molecule has 0 fully saturated rings. The van der Waals surface area contributed by atoms with Crippen molar-refractivity contribution in [3.63, 3.8) is 0 Å². The minimum atomic E-state index is 1.23. The molecule has 30 aromatic rings. The molecule has 150 heavy (non-hydrogen) atoms. The summed E-state index contributed by atoms with van der Waals surface area (Å²) in [6.45, 7) is 0. The minimum Gasteiger partial charge on any atom is -0.0622 e. The van der Waals surface area contributed by atoms with Crippen molar-refractivity contribution in [1.82, 2.24) is 0 Å². The van der Waals surface area contributed by atoms with Crippen LogP contribution in [0.15, 0.2) is 595 Å². The van der Waals surface area contributed by atoms with Crippen molar-refractivity contribution in [2.75, 3.05) is 0 Å². The molecule has 0 heterocycles. The first kappa shape index (κ1) is 89.4. The zero-order valence-electron chi connectivity index (χ0n) is 82.6. The molecule has 698 valence electrons. The van der Waals surface area contributed by atoms with Crippen LogP contribution < -0.4 is 0 Å². The van der Waals surface area contributed by atoms with Crippen LogP contribution in [0.25, 0.3) is 284 Å². The Morgan fingerprint density at radius 3 is 0.493 bits per heavy atom. The van der Waals surface area contributed by atoms with E-state index in [1.807, 2.05) is 0 Å². The van der Waals surface area contributed by atoms with Crippen molar-refractivity contribution in [2.24, 2.45) is 0 Å². The topological polar surface area (TPSA) is 0 Å². The average Bonchev–Trinajstić information content (AvgIpc) is 0.732. The molecule has 0 heteroatoms. The first-order chi connectivity index (χ1) is 74.5. The number of fused-ring (bicyclic) bond motifs is 15. The Kier molecular flexibility index (Phi) is 23.2. The Morgan fingerprint density at radius 1 is 0.0667 bits per heavy atom. The highest BCUT2D eigenvalue weighted by Crippen LogP contribution is 2.53. The summed E-state index contributed by atoms with van der Waals surface area (Å²) in [6.07, 6.45) is 0. The Morgan fingerprint density at radius 2 is 0.227 bits per heavy atom. The van der Waals surface area contributed by atoms with Crippen molar-refractivity contribution in [3.05, 3.63) is 595 Å². The summed E-state index contributed by atoms with van der Waals surface area (Å²) in [7, 11) is 0. The third-order valence-electron chi connectivity index (χ3n) is 30.8. The fourth-order valence-corrected chi connectivity index (χ4v) is 24.1. The number of hydrogen-bond acceptors (Lipinski definition) is 0. The van der Waals surface area contributed by atoms with Gasteiger partial charge in [-0.05, 0) is 308 Å². The molecule has 0 atom stereocenters. The predicted molar refractivity (Wildman–Crippen MR) is 648 cm³/mol. The van der Waals surface area contributed by atoms with Crippen LogP contribution in [-0.4, -0.2) is 0 Å². The van der Waals surface area contributed by atoms with E-state index in [1.165, 1.54) is 284 Å². The van der Waals surface area contributed by atoms with Gasteiger partial charge in [0.2, 0.25) is 0 Å². The van der Waals surface area contributed by atoms with Crippen LogP contribution in [0.5, 0.6) is 0 Å². The number of hydrogen-bond donors (Lipinski definition) is 0. The van der Waals surface area contributed by atoms with Crippen LogP contribution in [0.3, 0.4) is 0 Å². The van der Waals surface area contributed by atoms with E-state index in [4.69, 9.17) is 0 Å². The van der Waals surface area contributed by atoms with Crippen LogP contribution in [0, 0.1) is 0 Å². The van der Waals surface area contributed by atoms with E-state index in [1.54, 1.807) is 0 Å². The molecule has 0 spiro atoms. The van der Waals surface area contributed by atoms with Crippen molar-refractivity contribution in [1.29, 1.82) is 0 Å². The van der Waals surface area contributed by atoms with E-state index in [9.17, 15) is 0 Å². The second-order valence-corrected chi connectivity index (χ2v) is 39.2. The van der Waals surface area contributed by atoms with Crippen LogP contribution >= 0.6 is 0 Å². The van der Waals surface area contributed by atoms with Gasteiger partial charge in [-0.2, -0.15) is 0 Å². The van der Waals surface area contributed by atoms with Gasteiger partial charge in [-0.25, -0.2) is 0 Å². The summed E-state index contributed by atoms with van der Waals surface area (Å²) in [5.74, 6) is 0. The molecule has 0 aliphatic rings. The van der Waals surface area contributed by atoms with Gasteiger partial charge >= 0.3 is 0 Å². The average molecular weight is 1900 g/mol. The molecule has 0 aromatic heterocycles. The summed E-state index contributed by atoms with van der Waals surface area (Å²) in [4.78, 5) is 0. The van der Waals surface area contributed by atoms with Gasteiger partial charge in [0.15, 0.2) is 0 Å². The van der Waals surface area contributed by atoms with Gasteiger partial charge in [-0.1, -0.05) is 570 Å². The lowest BCUT2D eigenvalue weighted by atomic mass is 9.84. The zero-order valence-corrected chi connectivity index (χ0v) is 82.6. The lowest BCUT2D eigenvalue weighted by Crippen LogP contribution is -1.92. The van der Waals surface area contributed by atoms with Gasteiger partial charge in [0.1, 0.15) is 0 Å². The molecule has 0 aliphatic heterocycles. The number of rotatable bonds is 11. The molecule has 30 aromatic carbocycles. The maximum Gasteiger partial charge on any atom is -0.00201 e. The van der Waals surface area contributed by atoms with Gasteiger partial charge in [0.25, 0.3) is 0 Å². The van der Waals surface area contributed by atoms with E-state index in [0.29, 0.717) is 0 Å². The molecule has 0 saturated carbocycles. The first-order valence-electron chi connectivity index (χ1n) is 52.0. The maximum absolute atomic E-state index is 2.37. The second-order valence-electron chi connectivity index (χ2n) is 39.2. The van der Waals surface area contributed by atoms with Crippen LogP contribution in [0.4, 0.5) is 0 Å². The highest BCUT2D eigenvalue weighted by Gasteiger charge is 2.26. The second kappa shape index (κ2) is 38.9. The van der Waals surface area contributed by atoms with E-state index < -0.39 is 0 Å². The van der Waals surface area contributed by atoms with Crippen molar-refractivity contribution >= 4 is 162 Å². The summed E-state index contributed by atoms with van der Waals surface area (Å²) in [5.41, 5.74) is 28.0. The fourth-order valence-electron chi connectivity index (χ4n) is 24.1. The molecule has 0 bridgehead atoms. The lowest BCUT2D eigenvalue weighted by molar-refractivity contribution is 1.61. The Labute approximate surface area is 871 Å². The summed E-state index contributed by atoms with van der Waals surface area (Å²) >= 11 is 0. The largest absolute Gasteiger partial charge is 0.0622 e. The maximum atomic E-state index is 2.37. The molecule has 0 radical (unpaired) electrons. The fraction of sp³-hybridized carbons (Fsp3) is 0. The predicted octanol–water partition coefficient (Wildman–Crippen LogP) is 42.4. The molecule has 30 rings (SSSR count). The molecule has 0 amide bonds. The lowest BCUT2D eigenvalue weighted by Gasteiger charge is -2.19. The van der Waals surface area contributed by atoms with Gasteiger partial charge in [-0.3, -0.25) is 0 Å². The van der Waals surface area contributed by atoms with Gasteiger partial charge in [-0.15, -0.1) is 0 Å². The number of benzene rings is 30.